The number of carbonyl (C=O) groups is 1. The topological polar surface area (TPSA) is 92.7 Å². The molecule has 7 heteroatoms. The first-order valence-corrected chi connectivity index (χ1v) is 9.01. The fourth-order valence-corrected chi connectivity index (χ4v) is 3.34. The van der Waals surface area contributed by atoms with E-state index in [4.69, 9.17) is 9.47 Å². The van der Waals surface area contributed by atoms with E-state index in [0.717, 1.165) is 24.8 Å². The number of nitrogens with one attached hydrogen (secondary N) is 2. The van der Waals surface area contributed by atoms with Gasteiger partial charge in [0.05, 0.1) is 37.9 Å². The molecule has 1 aromatic heterocycles. The first-order chi connectivity index (χ1) is 12.2. The first-order valence-electron chi connectivity index (χ1n) is 9.01. The minimum atomic E-state index is -0.468. The van der Waals surface area contributed by atoms with Crippen molar-refractivity contribution in [2.75, 3.05) is 26.3 Å². The van der Waals surface area contributed by atoms with Crippen molar-refractivity contribution >= 4 is 5.91 Å². The van der Waals surface area contributed by atoms with Gasteiger partial charge in [-0.3, -0.25) is 9.78 Å². The molecule has 1 amide bonds. The van der Waals surface area contributed by atoms with Crippen LogP contribution in [0, 0.1) is 0 Å². The lowest BCUT2D eigenvalue weighted by atomic mass is 9.96. The zero-order chi connectivity index (χ0) is 17.5. The number of fused-ring (bicyclic) bond motifs is 1. The molecule has 7 nitrogen and oxygen atoms in total. The summed E-state index contributed by atoms with van der Waals surface area (Å²) < 4.78 is 11.6. The number of aromatic nitrogens is 1. The van der Waals surface area contributed by atoms with Gasteiger partial charge < -0.3 is 25.2 Å². The maximum atomic E-state index is 12.1. The maximum absolute atomic E-state index is 12.1. The van der Waals surface area contributed by atoms with Crippen molar-refractivity contribution in [2.24, 2.45) is 0 Å². The van der Waals surface area contributed by atoms with E-state index in [1.807, 2.05) is 12.1 Å². The Bertz CT molecular complexity index is 542. The van der Waals surface area contributed by atoms with Gasteiger partial charge in [0, 0.05) is 31.5 Å². The molecule has 3 rings (SSSR count). The fourth-order valence-electron chi connectivity index (χ4n) is 3.34. The quantitative estimate of drug-likeness (QED) is 0.694. The van der Waals surface area contributed by atoms with Crippen molar-refractivity contribution < 1.29 is 19.4 Å². The van der Waals surface area contributed by atoms with Crippen LogP contribution >= 0.6 is 0 Å². The van der Waals surface area contributed by atoms with E-state index in [0.29, 0.717) is 32.7 Å². The van der Waals surface area contributed by atoms with Crippen LogP contribution in [0.5, 0.6) is 0 Å². The predicted octanol–water partition coefficient (Wildman–Crippen LogP) is 0.0273. The number of nitrogens with zero attached hydrogens (tertiary/aromatic N) is 1. The van der Waals surface area contributed by atoms with Crippen LogP contribution in [0.2, 0.25) is 0 Å². The molecule has 0 spiro atoms. The third-order valence-corrected chi connectivity index (χ3v) is 4.72. The molecule has 0 unspecified atom stereocenters. The van der Waals surface area contributed by atoms with Crippen LogP contribution in [0.25, 0.3) is 0 Å². The Morgan fingerprint density at radius 3 is 3.00 bits per heavy atom. The molecule has 0 radical (unpaired) electrons. The normalized spacial score (nSPS) is 30.0. The number of pyridine rings is 1. The van der Waals surface area contributed by atoms with Gasteiger partial charge in [0.2, 0.25) is 5.91 Å². The van der Waals surface area contributed by atoms with E-state index in [-0.39, 0.29) is 24.2 Å². The molecule has 2 saturated heterocycles. The summed E-state index contributed by atoms with van der Waals surface area (Å²) in [4.78, 5) is 16.1. The van der Waals surface area contributed by atoms with Crippen LogP contribution in [0.1, 0.15) is 24.8 Å². The molecule has 2 aliphatic heterocycles. The summed E-state index contributed by atoms with van der Waals surface area (Å²) in [5, 5.41) is 16.0. The van der Waals surface area contributed by atoms with Gasteiger partial charge >= 0.3 is 0 Å². The second-order valence-electron chi connectivity index (χ2n) is 6.74. The van der Waals surface area contributed by atoms with Gasteiger partial charge in [0.25, 0.3) is 0 Å². The van der Waals surface area contributed by atoms with Crippen LogP contribution in [0.4, 0.5) is 0 Å². The lowest BCUT2D eigenvalue weighted by Gasteiger charge is -2.38. The highest BCUT2D eigenvalue weighted by atomic mass is 16.5. The van der Waals surface area contributed by atoms with Gasteiger partial charge in [-0.05, 0) is 37.0 Å². The molecule has 2 aliphatic rings. The molecular weight excluding hydrogens is 322 g/mol. The average molecular weight is 349 g/mol. The van der Waals surface area contributed by atoms with Crippen molar-refractivity contribution in [2.45, 2.75) is 50.0 Å². The van der Waals surface area contributed by atoms with Crippen LogP contribution < -0.4 is 10.6 Å². The number of aliphatic hydroxyl groups excluding tert-OH is 1. The predicted molar refractivity (Wildman–Crippen MR) is 92.1 cm³/mol. The smallest absolute Gasteiger partial charge is 0.222 e. The summed E-state index contributed by atoms with van der Waals surface area (Å²) in [5.41, 5.74) is 1.16. The first kappa shape index (κ1) is 18.3. The van der Waals surface area contributed by atoms with Crippen LogP contribution in [0.15, 0.2) is 24.5 Å². The average Bonchev–Trinajstić information content (AvgIpc) is 2.60. The number of hydrogen-bond donors (Lipinski definition) is 3. The minimum absolute atomic E-state index is 0.0210. The molecule has 138 valence electrons. The van der Waals surface area contributed by atoms with E-state index in [1.54, 1.807) is 12.4 Å². The van der Waals surface area contributed by atoms with Crippen molar-refractivity contribution in [1.82, 2.24) is 15.6 Å². The monoisotopic (exact) mass is 349 g/mol. The third kappa shape index (κ3) is 5.74. The van der Waals surface area contributed by atoms with Crippen molar-refractivity contribution in [3.63, 3.8) is 0 Å². The largest absolute Gasteiger partial charge is 0.389 e. The number of amides is 1. The summed E-state index contributed by atoms with van der Waals surface area (Å²) >= 11 is 0. The lowest BCUT2D eigenvalue weighted by Crippen LogP contribution is -2.53. The van der Waals surface area contributed by atoms with Crippen LogP contribution in [-0.2, 0) is 20.7 Å². The third-order valence-electron chi connectivity index (χ3n) is 4.72. The number of ether oxygens (including phenoxy) is 2. The zero-order valence-electron chi connectivity index (χ0n) is 14.4. The highest BCUT2D eigenvalue weighted by Crippen LogP contribution is 2.23. The van der Waals surface area contributed by atoms with Crippen molar-refractivity contribution in [1.29, 1.82) is 0 Å². The van der Waals surface area contributed by atoms with Gasteiger partial charge in [-0.1, -0.05) is 0 Å². The van der Waals surface area contributed by atoms with Gasteiger partial charge in [-0.2, -0.15) is 0 Å². The Morgan fingerprint density at radius 1 is 1.32 bits per heavy atom. The molecule has 0 saturated carbocycles. The van der Waals surface area contributed by atoms with Crippen LogP contribution in [0.3, 0.4) is 0 Å². The van der Waals surface area contributed by atoms with Crippen molar-refractivity contribution in [3.05, 3.63) is 30.1 Å². The molecule has 1 aromatic rings. The lowest BCUT2D eigenvalue weighted by molar-refractivity contribution is -0.137. The Balaban J connectivity index is 1.39. The Labute approximate surface area is 148 Å². The molecule has 3 heterocycles. The van der Waals surface area contributed by atoms with Gasteiger partial charge in [0.15, 0.2) is 0 Å². The highest BCUT2D eigenvalue weighted by Gasteiger charge is 2.33. The number of carbonyl (C=O) groups excluding carboxylic acids is 1. The molecule has 0 aromatic carbocycles. The van der Waals surface area contributed by atoms with E-state index in [1.165, 1.54) is 0 Å². The Hall–Kier alpha value is -1.54. The molecule has 0 bridgehead atoms. The second-order valence-corrected chi connectivity index (χ2v) is 6.74. The van der Waals surface area contributed by atoms with Gasteiger partial charge in [-0.15, -0.1) is 0 Å². The molecule has 0 aliphatic carbocycles. The Kier molecular flexibility index (Phi) is 6.75. The molecule has 4 atom stereocenters. The highest BCUT2D eigenvalue weighted by molar-refractivity contribution is 5.76. The van der Waals surface area contributed by atoms with E-state index in [9.17, 15) is 9.90 Å². The summed E-state index contributed by atoms with van der Waals surface area (Å²) in [6.07, 6.45) is 5.85. The van der Waals surface area contributed by atoms with Gasteiger partial charge in [0.1, 0.15) is 0 Å². The zero-order valence-corrected chi connectivity index (χ0v) is 14.4. The summed E-state index contributed by atoms with van der Waals surface area (Å²) in [6.45, 7) is 1.91. The van der Waals surface area contributed by atoms with E-state index >= 15 is 0 Å². The van der Waals surface area contributed by atoms with E-state index in [2.05, 4.69) is 15.6 Å². The SMILES string of the molecule is O=C(C[C@@H]1CC[C@H]2NC[C@@H](O)COC[C@@H]2O1)NCCc1ccncc1. The minimum Gasteiger partial charge on any atom is -0.389 e. The summed E-state index contributed by atoms with van der Waals surface area (Å²) in [6, 6.07) is 4.09. The number of rotatable bonds is 5. The molecule has 25 heavy (non-hydrogen) atoms. The molecule has 2 fully saturated rings. The van der Waals surface area contributed by atoms with Crippen LogP contribution in [-0.4, -0.2) is 66.7 Å². The number of aliphatic hydroxyl groups is 1. The summed E-state index contributed by atoms with van der Waals surface area (Å²) in [5.74, 6) is 0.0210. The fraction of sp³-hybridized carbons (Fsp3) is 0.667. The number of hydrogen-bond acceptors (Lipinski definition) is 6. The van der Waals surface area contributed by atoms with E-state index < -0.39 is 6.10 Å². The molecular formula is C18H27N3O4. The maximum Gasteiger partial charge on any atom is 0.222 e. The summed E-state index contributed by atoms with van der Waals surface area (Å²) in [7, 11) is 0. The van der Waals surface area contributed by atoms with Crippen molar-refractivity contribution in [3.8, 4) is 0 Å². The standard InChI is InChI=1S/C18H27N3O4/c22-14-10-21-16-2-1-15(25-17(16)12-24-11-14)9-18(23)20-8-5-13-3-6-19-7-4-13/h3-4,6-7,14-17,21-22H,1-2,5,8-12H2,(H,20,23)/t14-,15+,16-,17+/m1/s1. The van der Waals surface area contributed by atoms with Gasteiger partial charge in [-0.25, -0.2) is 0 Å². The Morgan fingerprint density at radius 2 is 2.16 bits per heavy atom. The second kappa shape index (κ2) is 9.24. The molecule has 3 N–H and O–H groups in total. The number of β-amino-alcohol motifs (C(OH)–C–C–N with tert-alkyl or cyclic N) is 1.